The summed E-state index contributed by atoms with van der Waals surface area (Å²) >= 11 is 0. The lowest BCUT2D eigenvalue weighted by molar-refractivity contribution is -0.143. The maximum atomic E-state index is 11.9. The van der Waals surface area contributed by atoms with Crippen LogP contribution in [0.5, 0.6) is 0 Å². The smallest absolute Gasteiger partial charge is 0.408 e. The summed E-state index contributed by atoms with van der Waals surface area (Å²) in [6.07, 6.45) is 0.939. The first kappa shape index (κ1) is 21.5. The van der Waals surface area contributed by atoms with E-state index in [9.17, 15) is 14.7 Å². The Morgan fingerprint density at radius 1 is 1.35 bits per heavy atom. The predicted molar refractivity (Wildman–Crippen MR) is 96.3 cm³/mol. The molecule has 2 N–H and O–H groups in total. The van der Waals surface area contributed by atoms with Crippen LogP contribution in [-0.4, -0.2) is 47.0 Å². The summed E-state index contributed by atoms with van der Waals surface area (Å²) in [5, 5.41) is 11.7. The molecular weight excluding hydrogens is 336 g/mol. The van der Waals surface area contributed by atoms with Gasteiger partial charge < -0.3 is 19.9 Å². The topological polar surface area (TPSA) is 97.8 Å². The fourth-order valence-corrected chi connectivity index (χ4v) is 1.91. The summed E-state index contributed by atoms with van der Waals surface area (Å²) in [6, 6.07) is 2.58. The van der Waals surface area contributed by atoms with E-state index in [0.717, 1.165) is 0 Å². The van der Waals surface area contributed by atoms with E-state index in [2.05, 4.69) is 22.1 Å². The second kappa shape index (κ2) is 9.78. The van der Waals surface area contributed by atoms with Gasteiger partial charge >= 0.3 is 12.1 Å². The van der Waals surface area contributed by atoms with Crippen LogP contribution in [0.2, 0.25) is 0 Å². The van der Waals surface area contributed by atoms with Crippen LogP contribution in [0.1, 0.15) is 45.4 Å². The molecule has 1 rings (SSSR count). The van der Waals surface area contributed by atoms with Gasteiger partial charge in [-0.2, -0.15) is 0 Å². The number of ether oxygens (including phenoxy) is 2. The van der Waals surface area contributed by atoms with Crippen molar-refractivity contribution in [1.29, 1.82) is 0 Å². The molecule has 0 aliphatic carbocycles. The van der Waals surface area contributed by atoms with Crippen LogP contribution >= 0.6 is 0 Å². The SMILES string of the molecule is COC(=O)[C@H](Cc1ccc(C#CCC(C)O)cn1)NC(=O)OC(C)(C)C. The lowest BCUT2D eigenvalue weighted by atomic mass is 10.1. The number of carbonyl (C=O) groups is 2. The number of aromatic nitrogens is 1. The van der Waals surface area contributed by atoms with Crippen molar-refractivity contribution in [2.24, 2.45) is 0 Å². The first-order valence-electron chi connectivity index (χ1n) is 8.30. The number of pyridine rings is 1. The molecule has 7 heteroatoms. The number of carbonyl (C=O) groups excluding carboxylic acids is 2. The molecule has 0 saturated heterocycles. The van der Waals surface area contributed by atoms with E-state index in [1.54, 1.807) is 46.0 Å². The van der Waals surface area contributed by atoms with Crippen molar-refractivity contribution in [3.05, 3.63) is 29.6 Å². The molecule has 0 spiro atoms. The molecular formula is C19H26N2O5. The zero-order valence-corrected chi connectivity index (χ0v) is 15.8. The molecule has 0 aromatic carbocycles. The molecule has 26 heavy (non-hydrogen) atoms. The van der Waals surface area contributed by atoms with E-state index in [1.807, 2.05) is 0 Å². The highest BCUT2D eigenvalue weighted by Gasteiger charge is 2.25. The summed E-state index contributed by atoms with van der Waals surface area (Å²) in [6.45, 7) is 6.87. The van der Waals surface area contributed by atoms with Crippen molar-refractivity contribution in [2.75, 3.05) is 7.11 Å². The minimum Gasteiger partial charge on any atom is -0.467 e. The van der Waals surface area contributed by atoms with E-state index in [4.69, 9.17) is 9.47 Å². The molecule has 0 radical (unpaired) electrons. The summed E-state index contributed by atoms with van der Waals surface area (Å²) in [5.74, 6) is 5.16. The Labute approximate surface area is 154 Å². The van der Waals surface area contributed by atoms with Gasteiger partial charge in [-0.05, 0) is 39.8 Å². The summed E-state index contributed by atoms with van der Waals surface area (Å²) in [5.41, 5.74) is 0.622. The number of nitrogens with zero attached hydrogens (tertiary/aromatic N) is 1. The molecule has 0 fully saturated rings. The number of hydrogen-bond donors (Lipinski definition) is 2. The highest BCUT2D eigenvalue weighted by Crippen LogP contribution is 2.09. The average Bonchev–Trinajstić information content (AvgIpc) is 2.53. The predicted octanol–water partition coefficient (Wildman–Crippen LogP) is 1.81. The zero-order chi connectivity index (χ0) is 19.7. The number of hydrogen-bond acceptors (Lipinski definition) is 6. The monoisotopic (exact) mass is 362 g/mol. The van der Waals surface area contributed by atoms with Gasteiger partial charge in [0.15, 0.2) is 0 Å². The fraction of sp³-hybridized carbons (Fsp3) is 0.526. The van der Waals surface area contributed by atoms with E-state index < -0.39 is 29.8 Å². The molecule has 0 aliphatic rings. The number of aliphatic hydroxyl groups is 1. The van der Waals surface area contributed by atoms with E-state index >= 15 is 0 Å². The van der Waals surface area contributed by atoms with E-state index in [1.165, 1.54) is 7.11 Å². The lowest BCUT2D eigenvalue weighted by Crippen LogP contribution is -2.45. The van der Waals surface area contributed by atoms with Crippen molar-refractivity contribution in [3.63, 3.8) is 0 Å². The molecule has 2 atom stereocenters. The van der Waals surface area contributed by atoms with Crippen molar-refractivity contribution in [3.8, 4) is 11.8 Å². The Kier molecular flexibility index (Phi) is 8.07. The molecule has 1 heterocycles. The zero-order valence-electron chi connectivity index (χ0n) is 15.8. The highest BCUT2D eigenvalue weighted by molar-refractivity contribution is 5.81. The fourth-order valence-electron chi connectivity index (χ4n) is 1.91. The molecule has 1 unspecified atom stereocenters. The van der Waals surface area contributed by atoms with Gasteiger partial charge in [-0.3, -0.25) is 4.98 Å². The number of amides is 1. The van der Waals surface area contributed by atoms with Gasteiger partial charge in [-0.25, -0.2) is 9.59 Å². The number of rotatable bonds is 5. The number of nitrogens with one attached hydrogen (secondary N) is 1. The Bertz CT molecular complexity index is 666. The van der Waals surface area contributed by atoms with Crippen molar-refractivity contribution in [2.45, 2.75) is 58.3 Å². The van der Waals surface area contributed by atoms with Crippen molar-refractivity contribution >= 4 is 12.1 Å². The quantitative estimate of drug-likeness (QED) is 0.612. The number of esters is 1. The van der Waals surface area contributed by atoms with Crippen molar-refractivity contribution < 1.29 is 24.2 Å². The molecule has 142 valence electrons. The van der Waals surface area contributed by atoms with Gasteiger partial charge in [-0.15, -0.1) is 0 Å². The van der Waals surface area contributed by atoms with Gasteiger partial charge in [0.2, 0.25) is 0 Å². The number of aliphatic hydroxyl groups excluding tert-OH is 1. The van der Waals surface area contributed by atoms with Gasteiger partial charge in [0.1, 0.15) is 11.6 Å². The minimum atomic E-state index is -0.908. The highest BCUT2D eigenvalue weighted by atomic mass is 16.6. The Balaban J connectivity index is 2.77. The average molecular weight is 362 g/mol. The van der Waals surface area contributed by atoms with Crippen LogP contribution in [0.15, 0.2) is 18.3 Å². The van der Waals surface area contributed by atoms with Crippen LogP contribution in [-0.2, 0) is 20.7 Å². The maximum Gasteiger partial charge on any atom is 0.408 e. The summed E-state index contributed by atoms with van der Waals surface area (Å²) < 4.78 is 9.90. The van der Waals surface area contributed by atoms with Crippen LogP contribution < -0.4 is 5.32 Å². The van der Waals surface area contributed by atoms with Gasteiger partial charge in [0, 0.05) is 30.3 Å². The van der Waals surface area contributed by atoms with Crippen LogP contribution in [0.3, 0.4) is 0 Å². The van der Waals surface area contributed by atoms with Crippen LogP contribution in [0.4, 0.5) is 4.79 Å². The molecule has 0 bridgehead atoms. The number of methoxy groups -OCH3 is 1. The largest absolute Gasteiger partial charge is 0.467 e. The third-order valence-electron chi connectivity index (χ3n) is 3.04. The first-order chi connectivity index (χ1) is 12.1. The Hall–Kier alpha value is -2.59. The van der Waals surface area contributed by atoms with Crippen LogP contribution in [0.25, 0.3) is 0 Å². The Morgan fingerprint density at radius 3 is 2.54 bits per heavy atom. The molecule has 1 aromatic rings. The lowest BCUT2D eigenvalue weighted by Gasteiger charge is -2.22. The minimum absolute atomic E-state index is 0.160. The first-order valence-corrected chi connectivity index (χ1v) is 8.30. The molecule has 0 aliphatic heterocycles. The van der Waals surface area contributed by atoms with Gasteiger partial charge in [0.25, 0.3) is 0 Å². The van der Waals surface area contributed by atoms with E-state index in [-0.39, 0.29) is 6.42 Å². The molecule has 1 amide bonds. The van der Waals surface area contributed by atoms with Gasteiger partial charge in [0.05, 0.1) is 13.2 Å². The maximum absolute atomic E-state index is 11.9. The third kappa shape index (κ3) is 8.49. The second-order valence-corrected chi connectivity index (χ2v) is 6.82. The summed E-state index contributed by atoms with van der Waals surface area (Å²) in [7, 11) is 1.25. The van der Waals surface area contributed by atoms with E-state index in [0.29, 0.717) is 17.7 Å². The number of alkyl carbamates (subject to hydrolysis) is 1. The van der Waals surface area contributed by atoms with Gasteiger partial charge in [-0.1, -0.05) is 11.8 Å². The second-order valence-electron chi connectivity index (χ2n) is 6.82. The normalized spacial score (nSPS) is 13.0. The third-order valence-corrected chi connectivity index (χ3v) is 3.04. The van der Waals surface area contributed by atoms with Crippen molar-refractivity contribution in [1.82, 2.24) is 10.3 Å². The standard InChI is InChI=1S/C19H26N2O5/c1-13(22)7-6-8-14-9-10-15(20-12-14)11-16(17(23)25-5)21-18(24)26-19(2,3)4/h9-10,12-13,16,22H,7,11H2,1-5H3,(H,21,24)/t13?,16-/m0/s1. The molecule has 0 saturated carbocycles. The molecule has 1 aromatic heterocycles. The molecule has 7 nitrogen and oxygen atoms in total. The summed E-state index contributed by atoms with van der Waals surface area (Å²) in [4.78, 5) is 28.1. The Morgan fingerprint density at radius 2 is 2.04 bits per heavy atom. The van der Waals surface area contributed by atoms with Crippen LogP contribution in [0, 0.1) is 11.8 Å².